The normalized spacial score (nSPS) is 16.7. The van der Waals surface area contributed by atoms with Crippen molar-refractivity contribution < 1.29 is 4.79 Å². The molecule has 0 bridgehead atoms. The molecule has 0 aromatic heterocycles. The number of amides is 1. The van der Waals surface area contributed by atoms with E-state index in [1.807, 2.05) is 32.9 Å². The molecule has 1 aliphatic rings. The standard InChI is InChI=1S/C11H17NO/c1-11(2,3)12-10(13)9-7-5-4-6-8-9/h4-5,7H,6,8H2,1-3H3,(H,12,13). The first-order valence-electron chi connectivity index (χ1n) is 4.67. The van der Waals surface area contributed by atoms with E-state index in [0.717, 1.165) is 18.4 Å². The Morgan fingerprint density at radius 1 is 1.46 bits per heavy atom. The van der Waals surface area contributed by atoms with Crippen LogP contribution in [-0.4, -0.2) is 11.4 Å². The molecule has 0 heterocycles. The molecule has 2 nitrogen and oxygen atoms in total. The molecule has 0 radical (unpaired) electrons. The molecule has 0 aromatic rings. The number of carbonyl (C=O) groups excluding carboxylic acids is 1. The highest BCUT2D eigenvalue weighted by Crippen LogP contribution is 2.13. The number of allylic oxidation sites excluding steroid dienone is 3. The van der Waals surface area contributed by atoms with Gasteiger partial charge in [0.15, 0.2) is 0 Å². The molecule has 0 fully saturated rings. The average molecular weight is 179 g/mol. The van der Waals surface area contributed by atoms with Crippen molar-refractivity contribution in [2.75, 3.05) is 0 Å². The minimum absolute atomic E-state index is 0.0665. The highest BCUT2D eigenvalue weighted by molar-refractivity contribution is 5.94. The number of rotatable bonds is 1. The molecule has 13 heavy (non-hydrogen) atoms. The molecule has 0 aliphatic heterocycles. The molecule has 2 heteroatoms. The predicted molar refractivity (Wildman–Crippen MR) is 54.4 cm³/mol. The third-order valence-electron chi connectivity index (χ3n) is 1.79. The largest absolute Gasteiger partial charge is 0.348 e. The van der Waals surface area contributed by atoms with Crippen LogP contribution in [0.5, 0.6) is 0 Å². The first-order valence-corrected chi connectivity index (χ1v) is 4.67. The van der Waals surface area contributed by atoms with E-state index in [-0.39, 0.29) is 11.4 Å². The molecule has 1 aliphatic carbocycles. The Bertz CT molecular complexity index is 256. The molecule has 0 saturated carbocycles. The van der Waals surface area contributed by atoms with Crippen molar-refractivity contribution in [2.24, 2.45) is 0 Å². The Morgan fingerprint density at radius 3 is 2.62 bits per heavy atom. The quantitative estimate of drug-likeness (QED) is 0.656. The summed E-state index contributed by atoms with van der Waals surface area (Å²) in [4.78, 5) is 11.6. The topological polar surface area (TPSA) is 29.1 Å². The van der Waals surface area contributed by atoms with Gasteiger partial charge in [-0.25, -0.2) is 0 Å². The number of hydrogen-bond acceptors (Lipinski definition) is 1. The lowest BCUT2D eigenvalue weighted by atomic mass is 10.0. The lowest BCUT2D eigenvalue weighted by Gasteiger charge is -2.21. The second-order valence-corrected chi connectivity index (χ2v) is 4.36. The van der Waals surface area contributed by atoms with Crippen molar-refractivity contribution in [3.8, 4) is 0 Å². The second kappa shape index (κ2) is 3.77. The van der Waals surface area contributed by atoms with Crippen LogP contribution in [0.1, 0.15) is 33.6 Å². The van der Waals surface area contributed by atoms with Gasteiger partial charge in [0, 0.05) is 11.1 Å². The van der Waals surface area contributed by atoms with Gasteiger partial charge in [-0.3, -0.25) is 4.79 Å². The van der Waals surface area contributed by atoms with Crippen molar-refractivity contribution >= 4 is 5.91 Å². The summed E-state index contributed by atoms with van der Waals surface area (Å²) in [6.45, 7) is 5.97. The molecule has 0 aromatic carbocycles. The van der Waals surface area contributed by atoms with Gasteiger partial charge in [-0.05, 0) is 33.6 Å². The fourth-order valence-corrected chi connectivity index (χ4v) is 1.21. The van der Waals surface area contributed by atoms with Crippen LogP contribution in [0.25, 0.3) is 0 Å². The SMILES string of the molecule is CC(C)(C)NC(=O)C1=CC=CCC1. The lowest BCUT2D eigenvalue weighted by molar-refractivity contribution is -0.119. The van der Waals surface area contributed by atoms with Gasteiger partial charge in [-0.15, -0.1) is 0 Å². The highest BCUT2D eigenvalue weighted by Gasteiger charge is 2.16. The van der Waals surface area contributed by atoms with Gasteiger partial charge in [0.1, 0.15) is 0 Å². The van der Waals surface area contributed by atoms with E-state index in [1.165, 1.54) is 0 Å². The summed E-state index contributed by atoms with van der Waals surface area (Å²) in [5.74, 6) is 0.0665. The van der Waals surface area contributed by atoms with Crippen LogP contribution in [0.15, 0.2) is 23.8 Å². The summed E-state index contributed by atoms with van der Waals surface area (Å²) in [5.41, 5.74) is 0.747. The fourth-order valence-electron chi connectivity index (χ4n) is 1.21. The van der Waals surface area contributed by atoms with Gasteiger partial charge in [-0.1, -0.05) is 18.2 Å². The smallest absolute Gasteiger partial charge is 0.247 e. The van der Waals surface area contributed by atoms with Crippen LogP contribution in [0.3, 0.4) is 0 Å². The van der Waals surface area contributed by atoms with Crippen LogP contribution in [0, 0.1) is 0 Å². The van der Waals surface area contributed by atoms with Gasteiger partial charge < -0.3 is 5.32 Å². The molecule has 1 rings (SSSR count). The van der Waals surface area contributed by atoms with Gasteiger partial charge in [0.05, 0.1) is 0 Å². The monoisotopic (exact) mass is 179 g/mol. The first kappa shape index (κ1) is 10.0. The summed E-state index contributed by atoms with van der Waals surface area (Å²) in [5, 5.41) is 2.95. The van der Waals surface area contributed by atoms with Crippen LogP contribution in [0.4, 0.5) is 0 Å². The van der Waals surface area contributed by atoms with Crippen LogP contribution >= 0.6 is 0 Å². The minimum Gasteiger partial charge on any atom is -0.348 e. The maximum Gasteiger partial charge on any atom is 0.247 e. The van der Waals surface area contributed by atoms with Crippen molar-refractivity contribution in [2.45, 2.75) is 39.2 Å². The molecule has 1 amide bonds. The maximum atomic E-state index is 11.6. The van der Waals surface area contributed by atoms with E-state index in [9.17, 15) is 4.79 Å². The van der Waals surface area contributed by atoms with Crippen molar-refractivity contribution in [1.29, 1.82) is 0 Å². The van der Waals surface area contributed by atoms with E-state index in [1.54, 1.807) is 0 Å². The van der Waals surface area contributed by atoms with E-state index < -0.39 is 0 Å². The molecular weight excluding hydrogens is 162 g/mol. The van der Waals surface area contributed by atoms with Crippen LogP contribution in [0.2, 0.25) is 0 Å². The molecule has 0 unspecified atom stereocenters. The van der Waals surface area contributed by atoms with E-state index in [4.69, 9.17) is 0 Å². The van der Waals surface area contributed by atoms with Crippen molar-refractivity contribution in [1.82, 2.24) is 5.32 Å². The molecule has 72 valence electrons. The van der Waals surface area contributed by atoms with Gasteiger partial charge in [-0.2, -0.15) is 0 Å². The molecule has 0 spiro atoms. The lowest BCUT2D eigenvalue weighted by Crippen LogP contribution is -2.41. The summed E-state index contributed by atoms with van der Waals surface area (Å²) >= 11 is 0. The highest BCUT2D eigenvalue weighted by atomic mass is 16.1. The minimum atomic E-state index is -0.140. The Hall–Kier alpha value is -1.05. The average Bonchev–Trinajstić information content (AvgIpc) is 2.03. The summed E-state index contributed by atoms with van der Waals surface area (Å²) in [6, 6.07) is 0. The zero-order chi connectivity index (χ0) is 9.90. The molecule has 1 N–H and O–H groups in total. The zero-order valence-corrected chi connectivity index (χ0v) is 8.55. The predicted octanol–water partition coefficient (Wildman–Crippen LogP) is 2.18. The van der Waals surface area contributed by atoms with Crippen LogP contribution < -0.4 is 5.32 Å². The van der Waals surface area contributed by atoms with E-state index in [0.29, 0.717) is 0 Å². The van der Waals surface area contributed by atoms with Gasteiger partial charge in [0.25, 0.3) is 0 Å². The van der Waals surface area contributed by atoms with Gasteiger partial charge in [0.2, 0.25) is 5.91 Å². The molecule has 0 atom stereocenters. The molecular formula is C11H17NO. The molecule has 0 saturated heterocycles. The maximum absolute atomic E-state index is 11.6. The number of hydrogen-bond donors (Lipinski definition) is 1. The second-order valence-electron chi connectivity index (χ2n) is 4.36. The Morgan fingerprint density at radius 2 is 2.15 bits per heavy atom. The van der Waals surface area contributed by atoms with E-state index in [2.05, 4.69) is 11.4 Å². The fraction of sp³-hybridized carbons (Fsp3) is 0.545. The van der Waals surface area contributed by atoms with Crippen molar-refractivity contribution in [3.63, 3.8) is 0 Å². The summed E-state index contributed by atoms with van der Waals surface area (Å²) < 4.78 is 0. The summed E-state index contributed by atoms with van der Waals surface area (Å²) in [6.07, 6.45) is 7.75. The first-order chi connectivity index (χ1) is 5.99. The number of carbonyl (C=O) groups is 1. The summed E-state index contributed by atoms with van der Waals surface area (Å²) in [7, 11) is 0. The third-order valence-corrected chi connectivity index (χ3v) is 1.79. The van der Waals surface area contributed by atoms with Crippen LogP contribution in [-0.2, 0) is 4.79 Å². The zero-order valence-electron chi connectivity index (χ0n) is 8.55. The Kier molecular flexibility index (Phi) is 2.91. The Balaban J connectivity index is 2.58. The third kappa shape index (κ3) is 3.45. The van der Waals surface area contributed by atoms with Crippen molar-refractivity contribution in [3.05, 3.63) is 23.8 Å². The Labute approximate surface area is 79.7 Å². The van der Waals surface area contributed by atoms with E-state index >= 15 is 0 Å². The number of nitrogens with one attached hydrogen (secondary N) is 1. The van der Waals surface area contributed by atoms with Gasteiger partial charge >= 0.3 is 0 Å².